The summed E-state index contributed by atoms with van der Waals surface area (Å²) in [5, 5.41) is 0.314. The van der Waals surface area contributed by atoms with Crippen LogP contribution in [0.3, 0.4) is 0 Å². The fourth-order valence-corrected chi connectivity index (χ4v) is 2.79. The first-order chi connectivity index (χ1) is 6.89. The smallest absolute Gasteiger partial charge is 0.223 e. The maximum absolute atomic E-state index is 5.93. The average molecular weight is 242 g/mol. The predicted molar refractivity (Wildman–Crippen MR) is 63.5 cm³/mol. The first kappa shape index (κ1) is 10.4. The molecular weight excluding hydrogens is 230 g/mol. The molecule has 0 unspecified atom stereocenters. The molecule has 80 valence electrons. The Labute approximate surface area is 93.4 Å². The third-order valence-electron chi connectivity index (χ3n) is 2.09. The van der Waals surface area contributed by atoms with Crippen molar-refractivity contribution in [3.63, 3.8) is 0 Å². The van der Waals surface area contributed by atoms with Crippen molar-refractivity contribution < 1.29 is 0 Å². The van der Waals surface area contributed by atoms with Gasteiger partial charge < -0.3 is 9.97 Å². The molecule has 0 saturated heterocycles. The topological polar surface area (TPSA) is 69.6 Å². The zero-order valence-corrected chi connectivity index (χ0v) is 10.6. The van der Waals surface area contributed by atoms with E-state index >= 15 is 0 Å². The number of nitrogens with two attached hydrogens (primary N) is 1. The molecule has 2 rings (SSSR count). The van der Waals surface area contributed by atoms with Crippen molar-refractivity contribution in [3.8, 4) is 0 Å². The van der Waals surface area contributed by atoms with Crippen LogP contribution in [0.25, 0.3) is 11.2 Å². The standard InChI is InChI=1S/C8H12ClN5Si/c1-15(2,3)14-4-11-5-6(9)12-8(10)13-7(5)14/h4H,1-3H3,(H2,10,12,13). The molecule has 0 spiro atoms. The van der Waals surface area contributed by atoms with E-state index in [1.165, 1.54) is 0 Å². The molecular formula is C8H12ClN5Si. The molecule has 0 aromatic carbocycles. The fraction of sp³-hybridized carbons (Fsp3) is 0.375. The highest BCUT2D eigenvalue weighted by atomic mass is 35.5. The van der Waals surface area contributed by atoms with Crippen LogP contribution in [-0.4, -0.2) is 27.4 Å². The molecule has 2 N–H and O–H groups in total. The van der Waals surface area contributed by atoms with Gasteiger partial charge in [-0.25, -0.2) is 4.98 Å². The van der Waals surface area contributed by atoms with E-state index in [9.17, 15) is 0 Å². The zero-order chi connectivity index (χ0) is 11.2. The summed E-state index contributed by atoms with van der Waals surface area (Å²) in [4.78, 5) is 12.3. The molecule has 2 heterocycles. The summed E-state index contributed by atoms with van der Waals surface area (Å²) in [7, 11) is -1.54. The number of nitrogens with zero attached hydrogens (tertiary/aromatic N) is 4. The van der Waals surface area contributed by atoms with Crippen molar-refractivity contribution in [1.82, 2.24) is 19.2 Å². The van der Waals surface area contributed by atoms with Crippen LogP contribution in [-0.2, 0) is 0 Å². The number of aromatic nitrogens is 4. The second kappa shape index (κ2) is 3.18. The molecule has 0 aliphatic carbocycles. The molecule has 0 bridgehead atoms. The number of nitrogen functional groups attached to an aromatic ring is 1. The van der Waals surface area contributed by atoms with Gasteiger partial charge in [-0.1, -0.05) is 31.2 Å². The summed E-state index contributed by atoms with van der Waals surface area (Å²) in [6.45, 7) is 6.58. The normalized spacial score (nSPS) is 12.3. The van der Waals surface area contributed by atoms with Crippen LogP contribution in [0.1, 0.15) is 0 Å². The Morgan fingerprint density at radius 1 is 1.33 bits per heavy atom. The highest BCUT2D eigenvalue weighted by Gasteiger charge is 2.21. The number of imidazole rings is 1. The lowest BCUT2D eigenvalue weighted by atomic mass is 10.6. The number of fused-ring (bicyclic) bond motifs is 1. The van der Waals surface area contributed by atoms with Crippen LogP contribution in [0.2, 0.25) is 24.8 Å². The average Bonchev–Trinajstić information content (AvgIpc) is 2.45. The maximum Gasteiger partial charge on any atom is 0.223 e. The van der Waals surface area contributed by atoms with E-state index in [1.54, 1.807) is 6.33 Å². The molecule has 7 heteroatoms. The van der Waals surface area contributed by atoms with Gasteiger partial charge in [0.15, 0.2) is 19.0 Å². The van der Waals surface area contributed by atoms with Gasteiger partial charge in [-0.05, 0) is 0 Å². The van der Waals surface area contributed by atoms with Crippen LogP contribution in [0.4, 0.5) is 5.95 Å². The molecule has 5 nitrogen and oxygen atoms in total. The molecule has 15 heavy (non-hydrogen) atoms. The summed E-state index contributed by atoms with van der Waals surface area (Å²) in [5.41, 5.74) is 6.91. The highest BCUT2D eigenvalue weighted by Crippen LogP contribution is 2.22. The Kier molecular flexibility index (Phi) is 2.20. The molecule has 0 amide bonds. The second-order valence-corrected chi connectivity index (χ2v) is 9.51. The third-order valence-corrected chi connectivity index (χ3v) is 4.13. The third kappa shape index (κ3) is 1.70. The Morgan fingerprint density at radius 2 is 2.00 bits per heavy atom. The lowest BCUT2D eigenvalue weighted by Crippen LogP contribution is -2.31. The van der Waals surface area contributed by atoms with Crippen molar-refractivity contribution in [2.45, 2.75) is 19.6 Å². The predicted octanol–water partition coefficient (Wildman–Crippen LogP) is 1.74. The second-order valence-electron chi connectivity index (χ2n) is 4.33. The molecule has 0 atom stereocenters. The summed E-state index contributed by atoms with van der Waals surface area (Å²) in [6, 6.07) is 0. The summed E-state index contributed by atoms with van der Waals surface area (Å²) < 4.78 is 2.06. The summed E-state index contributed by atoms with van der Waals surface area (Å²) >= 11 is 5.93. The van der Waals surface area contributed by atoms with Crippen LogP contribution < -0.4 is 5.73 Å². The van der Waals surface area contributed by atoms with Crippen molar-refractivity contribution in [1.29, 1.82) is 0 Å². The maximum atomic E-state index is 5.93. The Hall–Kier alpha value is -1.14. The molecule has 0 aliphatic rings. The van der Waals surface area contributed by atoms with E-state index in [2.05, 4.69) is 38.8 Å². The van der Waals surface area contributed by atoms with Gasteiger partial charge in [0.1, 0.15) is 5.52 Å². The largest absolute Gasteiger partial charge is 0.368 e. The number of anilines is 1. The number of hydrogen-bond acceptors (Lipinski definition) is 4. The van der Waals surface area contributed by atoms with Gasteiger partial charge in [0.25, 0.3) is 0 Å². The van der Waals surface area contributed by atoms with Crippen molar-refractivity contribution >= 4 is 36.9 Å². The molecule has 2 aromatic heterocycles. The molecule has 0 aliphatic heterocycles. The van der Waals surface area contributed by atoms with Gasteiger partial charge in [-0.3, -0.25) is 0 Å². The number of hydrogen-bond donors (Lipinski definition) is 1. The zero-order valence-electron chi connectivity index (χ0n) is 8.82. The minimum Gasteiger partial charge on any atom is -0.368 e. The monoisotopic (exact) mass is 241 g/mol. The minimum absolute atomic E-state index is 0.188. The highest BCUT2D eigenvalue weighted by molar-refractivity contribution is 6.75. The van der Waals surface area contributed by atoms with E-state index < -0.39 is 8.24 Å². The molecule has 0 fully saturated rings. The van der Waals surface area contributed by atoms with E-state index in [1.807, 2.05) is 0 Å². The minimum atomic E-state index is -1.54. The summed E-state index contributed by atoms with van der Waals surface area (Å²) in [5.74, 6) is 0.188. The van der Waals surface area contributed by atoms with Gasteiger partial charge in [-0.2, -0.15) is 9.97 Å². The Morgan fingerprint density at radius 3 is 2.60 bits per heavy atom. The fourth-order valence-electron chi connectivity index (χ4n) is 1.37. The van der Waals surface area contributed by atoms with Gasteiger partial charge in [-0.15, -0.1) is 0 Å². The molecule has 0 radical (unpaired) electrons. The number of rotatable bonds is 1. The quantitative estimate of drug-likeness (QED) is 0.610. The van der Waals surface area contributed by atoms with Crippen LogP contribution in [0.15, 0.2) is 6.33 Å². The molecule has 2 aromatic rings. The van der Waals surface area contributed by atoms with Crippen molar-refractivity contribution in [2.75, 3.05) is 5.73 Å². The van der Waals surface area contributed by atoms with Crippen LogP contribution in [0, 0.1) is 0 Å². The Balaban J connectivity index is 2.80. The lowest BCUT2D eigenvalue weighted by molar-refractivity contribution is 1.12. The van der Waals surface area contributed by atoms with E-state index in [4.69, 9.17) is 17.3 Å². The molecule has 0 saturated carbocycles. The van der Waals surface area contributed by atoms with E-state index in [0.29, 0.717) is 10.7 Å². The summed E-state index contributed by atoms with van der Waals surface area (Å²) in [6.07, 6.45) is 1.76. The lowest BCUT2D eigenvalue weighted by Gasteiger charge is -2.18. The van der Waals surface area contributed by atoms with E-state index in [-0.39, 0.29) is 5.95 Å². The first-order valence-corrected chi connectivity index (χ1v) is 8.38. The number of halogens is 1. The van der Waals surface area contributed by atoms with Gasteiger partial charge in [0.2, 0.25) is 5.95 Å². The van der Waals surface area contributed by atoms with Gasteiger partial charge in [0.05, 0.1) is 6.33 Å². The van der Waals surface area contributed by atoms with Crippen molar-refractivity contribution in [2.24, 2.45) is 0 Å². The van der Waals surface area contributed by atoms with Gasteiger partial charge >= 0.3 is 0 Å². The van der Waals surface area contributed by atoms with Gasteiger partial charge in [0, 0.05) is 0 Å². The van der Waals surface area contributed by atoms with Crippen LogP contribution in [0.5, 0.6) is 0 Å². The van der Waals surface area contributed by atoms with Crippen molar-refractivity contribution in [3.05, 3.63) is 11.5 Å². The SMILES string of the molecule is C[Si](C)(C)n1cnc2c(Cl)nc(N)nc21. The first-order valence-electron chi connectivity index (χ1n) is 4.56. The van der Waals surface area contributed by atoms with Crippen LogP contribution >= 0.6 is 11.6 Å². The van der Waals surface area contributed by atoms with E-state index in [0.717, 1.165) is 5.65 Å². The Bertz CT molecular complexity index is 515.